The Kier molecular flexibility index (Phi) is 6.70. The maximum atomic E-state index is 12.1. The molecule has 1 heterocycles. The summed E-state index contributed by atoms with van der Waals surface area (Å²) >= 11 is 0. The summed E-state index contributed by atoms with van der Waals surface area (Å²) in [5.41, 5.74) is 0.867. The van der Waals surface area contributed by atoms with E-state index in [1.54, 1.807) is 13.0 Å². The van der Waals surface area contributed by atoms with Crippen LogP contribution in [0.2, 0.25) is 0 Å². The second kappa shape index (κ2) is 8.95. The maximum Gasteiger partial charge on any atom is 0.229 e. The average molecular weight is 438 g/mol. The van der Waals surface area contributed by atoms with Gasteiger partial charge >= 0.3 is 0 Å². The van der Waals surface area contributed by atoms with Gasteiger partial charge in [-0.15, -0.1) is 0 Å². The van der Waals surface area contributed by atoms with Gasteiger partial charge in [-0.25, -0.2) is 0 Å². The molecule has 2 aromatic rings. The molecule has 0 bridgehead atoms. The van der Waals surface area contributed by atoms with Crippen molar-refractivity contribution in [3.63, 3.8) is 0 Å². The van der Waals surface area contributed by atoms with Gasteiger partial charge in [0.2, 0.25) is 6.29 Å². The lowest BCUT2D eigenvalue weighted by Crippen LogP contribution is -2.60. The van der Waals surface area contributed by atoms with Gasteiger partial charge in [0.25, 0.3) is 0 Å². The number of ketones is 1. The molecule has 0 aliphatic carbocycles. The van der Waals surface area contributed by atoms with Crippen molar-refractivity contribution in [2.75, 3.05) is 13.7 Å². The minimum Gasteiger partial charge on any atom is -0.506 e. The van der Waals surface area contributed by atoms with Gasteiger partial charge in [-0.3, -0.25) is 4.79 Å². The van der Waals surface area contributed by atoms with Gasteiger partial charge in [0.15, 0.2) is 5.78 Å². The Labute approximate surface area is 177 Å². The van der Waals surface area contributed by atoms with Crippen LogP contribution in [0.25, 0.3) is 10.8 Å². The van der Waals surface area contributed by atoms with Gasteiger partial charge in [0.05, 0.1) is 31.3 Å². The number of hydrogen-bond donors (Lipinski definition) is 6. The molecule has 1 saturated heterocycles. The Morgan fingerprint density at radius 3 is 2.32 bits per heavy atom. The number of phenols is 1. The molecule has 5 atom stereocenters. The number of methoxy groups -OCH3 is 1. The summed E-state index contributed by atoms with van der Waals surface area (Å²) in [5, 5.41) is 60.9. The van der Waals surface area contributed by atoms with Gasteiger partial charge in [-0.1, -0.05) is 0 Å². The predicted molar refractivity (Wildman–Crippen MR) is 107 cm³/mol. The smallest absolute Gasteiger partial charge is 0.229 e. The Hall–Kier alpha value is -2.47. The fourth-order valence-corrected chi connectivity index (χ4v) is 3.87. The predicted octanol–water partition coefficient (Wildman–Crippen LogP) is -0.264. The maximum absolute atomic E-state index is 12.1. The van der Waals surface area contributed by atoms with Gasteiger partial charge in [0.1, 0.15) is 41.7 Å². The topological polar surface area (TPSA) is 166 Å². The molecule has 5 unspecified atom stereocenters. The van der Waals surface area contributed by atoms with Crippen LogP contribution >= 0.6 is 0 Å². The second-order valence-corrected chi connectivity index (χ2v) is 7.42. The van der Waals surface area contributed by atoms with Crippen molar-refractivity contribution in [3.8, 4) is 17.2 Å². The lowest BCUT2D eigenvalue weighted by molar-refractivity contribution is -0.277. The van der Waals surface area contributed by atoms with E-state index >= 15 is 0 Å². The number of hydrogen-bond acceptors (Lipinski definition) is 10. The summed E-state index contributed by atoms with van der Waals surface area (Å²) in [6.45, 7) is 1.85. The Morgan fingerprint density at radius 1 is 1.10 bits per heavy atom. The first-order chi connectivity index (χ1) is 14.7. The van der Waals surface area contributed by atoms with Gasteiger partial charge in [0, 0.05) is 11.6 Å². The Bertz CT molecular complexity index is 986. The van der Waals surface area contributed by atoms with Crippen molar-refractivity contribution < 1.29 is 49.6 Å². The first-order valence-corrected chi connectivity index (χ1v) is 9.61. The molecule has 1 aliphatic heterocycles. The van der Waals surface area contributed by atoms with E-state index in [1.807, 2.05) is 0 Å². The van der Waals surface area contributed by atoms with E-state index in [0.29, 0.717) is 16.5 Å². The highest BCUT2D eigenvalue weighted by Gasteiger charge is 2.45. The molecule has 1 fully saturated rings. The standard InChI is InChI=1S/C21H26O10/c1-8-4-10-11(6-22)12(29-3)5-13(16(10)18(26)15(8)9(2)24)30-21-20(28)19(27)17(25)14(7-23)31-21/h4-5,14,17,19-23,25-28H,6-7H2,1-3H3. The van der Waals surface area contributed by atoms with Crippen LogP contribution in [0.5, 0.6) is 17.2 Å². The molecule has 31 heavy (non-hydrogen) atoms. The van der Waals surface area contributed by atoms with E-state index in [-0.39, 0.29) is 28.2 Å². The fraction of sp³-hybridized carbons (Fsp3) is 0.476. The zero-order valence-corrected chi connectivity index (χ0v) is 17.3. The largest absolute Gasteiger partial charge is 0.506 e. The van der Waals surface area contributed by atoms with Crippen LogP contribution in [0, 0.1) is 6.92 Å². The molecular formula is C21H26O10. The van der Waals surface area contributed by atoms with E-state index in [0.717, 1.165) is 0 Å². The van der Waals surface area contributed by atoms with E-state index in [4.69, 9.17) is 14.2 Å². The average Bonchev–Trinajstić information content (AvgIpc) is 2.72. The number of aliphatic hydroxyl groups is 5. The normalized spacial score (nSPS) is 26.1. The number of fused-ring (bicyclic) bond motifs is 1. The number of rotatable bonds is 6. The first kappa shape index (κ1) is 23.2. The van der Waals surface area contributed by atoms with Crippen molar-refractivity contribution >= 4 is 16.6 Å². The molecule has 6 N–H and O–H groups in total. The summed E-state index contributed by atoms with van der Waals surface area (Å²) < 4.78 is 16.4. The van der Waals surface area contributed by atoms with Crippen LogP contribution in [0.4, 0.5) is 0 Å². The van der Waals surface area contributed by atoms with Crippen molar-refractivity contribution in [2.24, 2.45) is 0 Å². The first-order valence-electron chi connectivity index (χ1n) is 9.61. The molecular weight excluding hydrogens is 412 g/mol. The van der Waals surface area contributed by atoms with Gasteiger partial charge < -0.3 is 44.8 Å². The number of aromatic hydroxyl groups is 1. The Morgan fingerprint density at radius 2 is 1.77 bits per heavy atom. The van der Waals surface area contributed by atoms with Crippen molar-refractivity contribution in [1.29, 1.82) is 0 Å². The quantitative estimate of drug-likeness (QED) is 0.331. The highest BCUT2D eigenvalue weighted by Crippen LogP contribution is 2.44. The van der Waals surface area contributed by atoms with Crippen LogP contribution in [-0.2, 0) is 11.3 Å². The van der Waals surface area contributed by atoms with E-state index < -0.39 is 49.7 Å². The zero-order chi connectivity index (χ0) is 23.0. The summed E-state index contributed by atoms with van der Waals surface area (Å²) in [6.07, 6.45) is -7.63. The van der Waals surface area contributed by atoms with Gasteiger partial charge in [-0.2, -0.15) is 0 Å². The molecule has 2 aromatic carbocycles. The van der Waals surface area contributed by atoms with Gasteiger partial charge in [-0.05, 0) is 30.9 Å². The molecule has 170 valence electrons. The summed E-state index contributed by atoms with van der Waals surface area (Å²) in [7, 11) is 1.37. The van der Waals surface area contributed by atoms with Crippen LogP contribution in [0.1, 0.15) is 28.4 Å². The third kappa shape index (κ3) is 3.93. The number of carbonyl (C=O) groups is 1. The molecule has 0 aromatic heterocycles. The van der Waals surface area contributed by atoms with E-state index in [2.05, 4.69) is 0 Å². The van der Waals surface area contributed by atoms with Crippen LogP contribution in [0.3, 0.4) is 0 Å². The minimum absolute atomic E-state index is 0.0557. The molecule has 1 aliphatic rings. The molecule has 0 amide bonds. The number of phenolic OH excluding ortho intramolecular Hbond substituents is 1. The molecule has 10 heteroatoms. The highest BCUT2D eigenvalue weighted by atomic mass is 16.7. The molecule has 0 spiro atoms. The highest BCUT2D eigenvalue weighted by molar-refractivity contribution is 6.08. The van der Waals surface area contributed by atoms with E-state index in [9.17, 15) is 35.4 Å². The number of carbonyl (C=O) groups excluding carboxylic acids is 1. The molecule has 10 nitrogen and oxygen atoms in total. The lowest BCUT2D eigenvalue weighted by atomic mass is 9.94. The minimum atomic E-state index is -1.68. The van der Waals surface area contributed by atoms with Crippen LogP contribution in [-0.4, -0.2) is 80.8 Å². The summed E-state index contributed by atoms with van der Waals surface area (Å²) in [5.74, 6) is -0.631. The second-order valence-electron chi connectivity index (χ2n) is 7.42. The number of aryl methyl sites for hydroxylation is 1. The number of aliphatic hydroxyl groups excluding tert-OH is 5. The summed E-state index contributed by atoms with van der Waals surface area (Å²) in [4.78, 5) is 12.1. The Balaban J connectivity index is 2.21. The van der Waals surface area contributed by atoms with Crippen molar-refractivity contribution in [2.45, 2.75) is 51.2 Å². The SMILES string of the molecule is COc1cc(OC2OC(CO)C(O)C(O)C2O)c2c(O)c(C(C)=O)c(C)cc2c1CO. The third-order valence-electron chi connectivity index (χ3n) is 5.45. The molecule has 0 radical (unpaired) electrons. The van der Waals surface area contributed by atoms with Crippen molar-refractivity contribution in [1.82, 2.24) is 0 Å². The fourth-order valence-electron chi connectivity index (χ4n) is 3.87. The molecule has 0 saturated carbocycles. The zero-order valence-electron chi connectivity index (χ0n) is 17.3. The number of Topliss-reactive ketones (excluding diaryl/α,β-unsaturated/α-hetero) is 1. The summed E-state index contributed by atoms with van der Waals surface area (Å²) in [6, 6.07) is 2.94. The van der Waals surface area contributed by atoms with E-state index in [1.165, 1.54) is 20.1 Å². The van der Waals surface area contributed by atoms with Crippen molar-refractivity contribution in [3.05, 3.63) is 28.8 Å². The number of benzene rings is 2. The number of ether oxygens (including phenoxy) is 3. The van der Waals surface area contributed by atoms with Crippen LogP contribution < -0.4 is 9.47 Å². The lowest BCUT2D eigenvalue weighted by Gasteiger charge is -2.39. The molecule has 3 rings (SSSR count). The monoisotopic (exact) mass is 438 g/mol. The third-order valence-corrected chi connectivity index (χ3v) is 5.45. The van der Waals surface area contributed by atoms with Crippen LogP contribution in [0.15, 0.2) is 12.1 Å².